The Morgan fingerprint density at radius 3 is 2.57 bits per heavy atom. The minimum Gasteiger partial charge on any atom is -0.392 e. The lowest BCUT2D eigenvalue weighted by molar-refractivity contribution is 0.281. The molecule has 0 radical (unpaired) electrons. The standard InChI is InChI=1S/C13H13Br2NO3S2/c1-8-11(14)4-9(7-17)5-12(8)21(18,19)16-6-10-2-3-13(15)20-10/h2-5,16-17H,6-7H2,1H3. The molecule has 0 saturated heterocycles. The van der Waals surface area contributed by atoms with E-state index >= 15 is 0 Å². The molecule has 1 aromatic heterocycles. The number of nitrogens with one attached hydrogen (secondary N) is 1. The maximum atomic E-state index is 12.4. The molecule has 0 amide bonds. The lowest BCUT2D eigenvalue weighted by atomic mass is 10.2. The number of aliphatic hydroxyl groups excluding tert-OH is 1. The zero-order chi connectivity index (χ0) is 15.6. The molecule has 0 atom stereocenters. The highest BCUT2D eigenvalue weighted by atomic mass is 79.9. The third-order valence-electron chi connectivity index (χ3n) is 2.89. The molecule has 0 unspecified atom stereocenters. The topological polar surface area (TPSA) is 66.4 Å². The molecule has 1 aromatic carbocycles. The predicted molar refractivity (Wildman–Crippen MR) is 90.8 cm³/mol. The van der Waals surface area contributed by atoms with Crippen LogP contribution in [-0.4, -0.2) is 13.5 Å². The molecule has 8 heteroatoms. The summed E-state index contributed by atoms with van der Waals surface area (Å²) in [5, 5.41) is 9.21. The lowest BCUT2D eigenvalue weighted by Gasteiger charge is -2.12. The summed E-state index contributed by atoms with van der Waals surface area (Å²) in [5.41, 5.74) is 1.17. The molecule has 4 nitrogen and oxygen atoms in total. The molecule has 2 rings (SSSR count). The Morgan fingerprint density at radius 2 is 2.00 bits per heavy atom. The van der Waals surface area contributed by atoms with Crippen molar-refractivity contribution in [2.24, 2.45) is 0 Å². The summed E-state index contributed by atoms with van der Waals surface area (Å²) in [7, 11) is -3.63. The van der Waals surface area contributed by atoms with Crippen molar-refractivity contribution in [2.45, 2.75) is 25.0 Å². The second-order valence-electron chi connectivity index (χ2n) is 4.39. The van der Waals surface area contributed by atoms with Gasteiger partial charge in [-0.1, -0.05) is 15.9 Å². The van der Waals surface area contributed by atoms with Gasteiger partial charge in [0.25, 0.3) is 0 Å². The summed E-state index contributed by atoms with van der Waals surface area (Å²) >= 11 is 8.15. The largest absolute Gasteiger partial charge is 0.392 e. The quantitative estimate of drug-likeness (QED) is 0.725. The van der Waals surface area contributed by atoms with E-state index in [4.69, 9.17) is 0 Å². The monoisotopic (exact) mass is 453 g/mol. The third-order valence-corrected chi connectivity index (χ3v) is 6.87. The molecule has 114 valence electrons. The van der Waals surface area contributed by atoms with E-state index < -0.39 is 10.0 Å². The van der Waals surface area contributed by atoms with Crippen LogP contribution in [0.4, 0.5) is 0 Å². The van der Waals surface area contributed by atoms with E-state index in [1.807, 2.05) is 12.1 Å². The first-order valence-electron chi connectivity index (χ1n) is 5.97. The summed E-state index contributed by atoms with van der Waals surface area (Å²) in [5.74, 6) is 0. The van der Waals surface area contributed by atoms with Gasteiger partial charge in [0.2, 0.25) is 10.0 Å². The van der Waals surface area contributed by atoms with Crippen molar-refractivity contribution in [3.8, 4) is 0 Å². The van der Waals surface area contributed by atoms with Crippen LogP contribution in [0.25, 0.3) is 0 Å². The molecule has 0 bridgehead atoms. The summed E-state index contributed by atoms with van der Waals surface area (Å²) < 4.78 is 29.1. The molecule has 1 heterocycles. The molecule has 0 fully saturated rings. The van der Waals surface area contributed by atoms with Crippen LogP contribution in [0, 0.1) is 6.92 Å². The fraction of sp³-hybridized carbons (Fsp3) is 0.231. The van der Waals surface area contributed by atoms with Gasteiger partial charge < -0.3 is 5.11 Å². The van der Waals surface area contributed by atoms with Gasteiger partial charge in [0, 0.05) is 15.9 Å². The summed E-state index contributed by atoms with van der Waals surface area (Å²) in [4.78, 5) is 1.09. The van der Waals surface area contributed by atoms with Crippen LogP contribution in [0.3, 0.4) is 0 Å². The maximum absolute atomic E-state index is 12.4. The van der Waals surface area contributed by atoms with Gasteiger partial charge in [0.15, 0.2) is 0 Å². The number of halogens is 2. The van der Waals surface area contributed by atoms with Gasteiger partial charge in [0.1, 0.15) is 0 Å². The van der Waals surface area contributed by atoms with Crippen molar-refractivity contribution >= 4 is 53.2 Å². The fourth-order valence-corrected chi connectivity index (χ4v) is 5.24. The van der Waals surface area contributed by atoms with Gasteiger partial charge in [-0.05, 0) is 58.2 Å². The van der Waals surface area contributed by atoms with Crippen molar-refractivity contribution in [2.75, 3.05) is 0 Å². The highest BCUT2D eigenvalue weighted by Gasteiger charge is 2.19. The summed E-state index contributed by atoms with van der Waals surface area (Å²) in [6.07, 6.45) is 0. The number of benzene rings is 1. The molecule has 0 aliphatic heterocycles. The average molecular weight is 455 g/mol. The first-order valence-corrected chi connectivity index (χ1v) is 9.86. The minimum atomic E-state index is -3.63. The Hall–Kier alpha value is -0.250. The molecule has 0 spiro atoms. The van der Waals surface area contributed by atoms with Crippen LogP contribution < -0.4 is 4.72 Å². The van der Waals surface area contributed by atoms with E-state index in [9.17, 15) is 13.5 Å². The van der Waals surface area contributed by atoms with E-state index in [0.717, 1.165) is 8.66 Å². The molecule has 0 saturated carbocycles. The van der Waals surface area contributed by atoms with Gasteiger partial charge >= 0.3 is 0 Å². The summed E-state index contributed by atoms with van der Waals surface area (Å²) in [6.45, 7) is 1.75. The fourth-order valence-electron chi connectivity index (χ4n) is 1.77. The Labute approximate surface area is 144 Å². The molecule has 0 aliphatic carbocycles. The average Bonchev–Trinajstić information content (AvgIpc) is 2.85. The maximum Gasteiger partial charge on any atom is 0.241 e. The van der Waals surface area contributed by atoms with Crippen LogP contribution in [0.2, 0.25) is 0 Å². The van der Waals surface area contributed by atoms with Gasteiger partial charge in [-0.25, -0.2) is 13.1 Å². The molecular formula is C13H13Br2NO3S2. The zero-order valence-corrected chi connectivity index (χ0v) is 15.9. The van der Waals surface area contributed by atoms with Crippen molar-refractivity contribution in [3.63, 3.8) is 0 Å². The molecule has 21 heavy (non-hydrogen) atoms. The van der Waals surface area contributed by atoms with Crippen molar-refractivity contribution in [1.29, 1.82) is 0 Å². The number of rotatable bonds is 5. The highest BCUT2D eigenvalue weighted by molar-refractivity contribution is 9.11. The predicted octanol–water partition coefficient (Wildman–Crippen LogP) is 3.55. The van der Waals surface area contributed by atoms with E-state index in [0.29, 0.717) is 15.6 Å². The smallest absolute Gasteiger partial charge is 0.241 e. The van der Waals surface area contributed by atoms with Crippen molar-refractivity contribution in [3.05, 3.63) is 48.5 Å². The molecule has 2 aromatic rings. The van der Waals surface area contributed by atoms with E-state index in [1.165, 1.54) is 17.4 Å². The van der Waals surface area contributed by atoms with E-state index in [-0.39, 0.29) is 18.0 Å². The van der Waals surface area contributed by atoms with E-state index in [1.54, 1.807) is 13.0 Å². The Balaban J connectivity index is 2.29. The van der Waals surface area contributed by atoms with E-state index in [2.05, 4.69) is 36.6 Å². The molecule has 0 aliphatic rings. The van der Waals surface area contributed by atoms with Gasteiger partial charge in [-0.3, -0.25) is 0 Å². The molecular weight excluding hydrogens is 442 g/mol. The van der Waals surface area contributed by atoms with Crippen LogP contribution in [-0.2, 0) is 23.2 Å². The number of hydrogen-bond donors (Lipinski definition) is 2. The minimum absolute atomic E-state index is 0.177. The number of hydrogen-bond acceptors (Lipinski definition) is 4. The highest BCUT2D eigenvalue weighted by Crippen LogP contribution is 2.27. The Kier molecular flexibility index (Phi) is 5.61. The number of sulfonamides is 1. The van der Waals surface area contributed by atoms with Gasteiger partial charge in [0.05, 0.1) is 15.3 Å². The Bertz CT molecular complexity index is 757. The number of aliphatic hydroxyl groups is 1. The second-order valence-corrected chi connectivity index (χ2v) is 9.53. The van der Waals surface area contributed by atoms with Crippen molar-refractivity contribution < 1.29 is 13.5 Å². The first-order chi connectivity index (χ1) is 9.83. The van der Waals surface area contributed by atoms with Crippen molar-refractivity contribution in [1.82, 2.24) is 4.72 Å². The van der Waals surface area contributed by atoms with Gasteiger partial charge in [-0.2, -0.15) is 0 Å². The lowest BCUT2D eigenvalue weighted by Crippen LogP contribution is -2.24. The van der Waals surface area contributed by atoms with Crippen LogP contribution in [0.5, 0.6) is 0 Å². The SMILES string of the molecule is Cc1c(Br)cc(CO)cc1S(=O)(=O)NCc1ccc(Br)s1. The van der Waals surface area contributed by atoms with Crippen LogP contribution >= 0.6 is 43.2 Å². The zero-order valence-electron chi connectivity index (χ0n) is 11.1. The number of thiophene rings is 1. The first kappa shape index (κ1) is 17.1. The van der Waals surface area contributed by atoms with Crippen LogP contribution in [0.1, 0.15) is 16.0 Å². The molecule has 2 N–H and O–H groups in total. The third kappa shape index (κ3) is 4.14. The van der Waals surface area contributed by atoms with Crippen LogP contribution in [0.15, 0.2) is 37.4 Å². The van der Waals surface area contributed by atoms with Gasteiger partial charge in [-0.15, -0.1) is 11.3 Å². The second kappa shape index (κ2) is 6.89. The normalized spacial score (nSPS) is 11.8. The Morgan fingerprint density at radius 1 is 1.29 bits per heavy atom. The summed E-state index contributed by atoms with van der Waals surface area (Å²) in [6, 6.07) is 6.95.